The molecule has 0 unspecified atom stereocenters. The highest BCUT2D eigenvalue weighted by Gasteiger charge is 2.13. The minimum atomic E-state index is -0.571. The van der Waals surface area contributed by atoms with Crippen LogP contribution in [0.4, 0.5) is 21.6 Å². The third-order valence-electron chi connectivity index (χ3n) is 2.40. The third-order valence-corrected chi connectivity index (χ3v) is 2.69. The van der Waals surface area contributed by atoms with Crippen LogP contribution in [-0.2, 0) is 0 Å². The number of ether oxygens (including phenoxy) is 1. The Labute approximate surface area is 120 Å². The van der Waals surface area contributed by atoms with Gasteiger partial charge in [-0.15, -0.1) is 0 Å². The summed E-state index contributed by atoms with van der Waals surface area (Å²) in [5.41, 5.74) is 6.29. The minimum Gasteiger partial charge on any atom is -0.473 e. The Morgan fingerprint density at radius 3 is 2.80 bits per heavy atom. The lowest BCUT2D eigenvalue weighted by Gasteiger charge is -2.14. The van der Waals surface area contributed by atoms with E-state index in [1.54, 1.807) is 6.07 Å². The summed E-state index contributed by atoms with van der Waals surface area (Å²) >= 11 is 5.72. The number of halogens is 2. The lowest BCUT2D eigenvalue weighted by Crippen LogP contribution is -2.11. The van der Waals surface area contributed by atoms with Gasteiger partial charge in [-0.05, 0) is 26.0 Å². The lowest BCUT2D eigenvalue weighted by molar-refractivity contribution is 0.234. The quantitative estimate of drug-likeness (QED) is 0.905. The molecule has 0 fully saturated rings. The Balaban J connectivity index is 2.32. The van der Waals surface area contributed by atoms with Gasteiger partial charge in [-0.3, -0.25) is 0 Å². The molecule has 20 heavy (non-hydrogen) atoms. The molecule has 0 atom stereocenters. The van der Waals surface area contributed by atoms with Crippen molar-refractivity contribution in [3.05, 3.63) is 35.4 Å². The Morgan fingerprint density at radius 2 is 2.10 bits per heavy atom. The van der Waals surface area contributed by atoms with Gasteiger partial charge in [0.1, 0.15) is 12.0 Å². The van der Waals surface area contributed by atoms with Crippen LogP contribution in [0.15, 0.2) is 24.5 Å². The summed E-state index contributed by atoms with van der Waals surface area (Å²) < 4.78 is 19.3. The fraction of sp³-hybridized carbons (Fsp3) is 0.231. The van der Waals surface area contributed by atoms with Crippen LogP contribution in [-0.4, -0.2) is 16.1 Å². The molecule has 0 radical (unpaired) electrons. The van der Waals surface area contributed by atoms with Crippen molar-refractivity contribution in [1.29, 1.82) is 0 Å². The summed E-state index contributed by atoms with van der Waals surface area (Å²) in [5.74, 6) is -0.0599. The molecule has 1 aromatic carbocycles. The first-order valence-electron chi connectivity index (χ1n) is 5.97. The summed E-state index contributed by atoms with van der Waals surface area (Å²) in [4.78, 5) is 7.92. The van der Waals surface area contributed by atoms with Crippen LogP contribution >= 0.6 is 11.6 Å². The van der Waals surface area contributed by atoms with Gasteiger partial charge in [0.25, 0.3) is 0 Å². The highest BCUT2D eigenvalue weighted by atomic mass is 35.5. The maximum atomic E-state index is 13.8. The standard InChI is InChI=1S/C13H14ClFN4O/c1-7(2)20-13-11(16)12(17-6-18-13)19-9-5-3-4-8(14)10(9)15/h3-7H,16H2,1-2H3,(H,17,18,19). The number of hydrogen-bond donors (Lipinski definition) is 2. The maximum Gasteiger partial charge on any atom is 0.242 e. The second-order valence-electron chi connectivity index (χ2n) is 4.33. The molecule has 7 heteroatoms. The van der Waals surface area contributed by atoms with E-state index in [2.05, 4.69) is 15.3 Å². The molecule has 0 saturated carbocycles. The molecule has 0 aliphatic heterocycles. The van der Waals surface area contributed by atoms with E-state index in [1.165, 1.54) is 18.5 Å². The largest absolute Gasteiger partial charge is 0.473 e. The van der Waals surface area contributed by atoms with Crippen LogP contribution in [0.5, 0.6) is 5.88 Å². The summed E-state index contributed by atoms with van der Waals surface area (Å²) in [6, 6.07) is 4.61. The normalized spacial score (nSPS) is 10.7. The third kappa shape index (κ3) is 3.08. The van der Waals surface area contributed by atoms with Gasteiger partial charge in [0.2, 0.25) is 5.88 Å². The molecule has 5 nitrogen and oxygen atoms in total. The zero-order chi connectivity index (χ0) is 14.7. The van der Waals surface area contributed by atoms with Crippen molar-refractivity contribution in [3.63, 3.8) is 0 Å². The van der Waals surface area contributed by atoms with Gasteiger partial charge in [-0.2, -0.15) is 4.98 Å². The van der Waals surface area contributed by atoms with E-state index in [1.807, 2.05) is 13.8 Å². The van der Waals surface area contributed by atoms with Gasteiger partial charge in [0.15, 0.2) is 11.6 Å². The topological polar surface area (TPSA) is 73.1 Å². The fourth-order valence-corrected chi connectivity index (χ4v) is 1.70. The number of aromatic nitrogens is 2. The Morgan fingerprint density at radius 1 is 1.35 bits per heavy atom. The number of nitrogens with zero attached hydrogens (tertiary/aromatic N) is 2. The Bertz CT molecular complexity index is 621. The van der Waals surface area contributed by atoms with Crippen molar-refractivity contribution in [2.24, 2.45) is 0 Å². The number of nitrogens with one attached hydrogen (secondary N) is 1. The molecule has 0 bridgehead atoms. The Hall–Kier alpha value is -2.08. The van der Waals surface area contributed by atoms with E-state index in [-0.39, 0.29) is 34.2 Å². The first-order chi connectivity index (χ1) is 9.49. The Kier molecular flexibility index (Phi) is 4.24. The van der Waals surface area contributed by atoms with Crippen molar-refractivity contribution >= 4 is 28.8 Å². The van der Waals surface area contributed by atoms with Crippen molar-refractivity contribution in [3.8, 4) is 5.88 Å². The number of anilines is 3. The van der Waals surface area contributed by atoms with Crippen LogP contribution in [0, 0.1) is 5.82 Å². The van der Waals surface area contributed by atoms with Gasteiger partial charge in [-0.1, -0.05) is 17.7 Å². The molecule has 0 amide bonds. The molecular formula is C13H14ClFN4O. The predicted molar refractivity (Wildman–Crippen MR) is 76.9 cm³/mol. The molecule has 0 aliphatic carbocycles. The van der Waals surface area contributed by atoms with Crippen LogP contribution in [0.1, 0.15) is 13.8 Å². The fourth-order valence-electron chi connectivity index (χ4n) is 1.52. The molecular weight excluding hydrogens is 283 g/mol. The van der Waals surface area contributed by atoms with Crippen molar-refractivity contribution in [2.75, 3.05) is 11.1 Å². The van der Waals surface area contributed by atoms with Gasteiger partial charge < -0.3 is 15.8 Å². The molecule has 2 aromatic rings. The van der Waals surface area contributed by atoms with Gasteiger partial charge in [-0.25, -0.2) is 9.37 Å². The smallest absolute Gasteiger partial charge is 0.242 e. The van der Waals surface area contributed by atoms with Crippen molar-refractivity contribution < 1.29 is 9.13 Å². The summed E-state index contributed by atoms with van der Waals surface area (Å²) in [6.45, 7) is 3.70. The molecule has 1 aromatic heterocycles. The van der Waals surface area contributed by atoms with E-state index < -0.39 is 5.82 Å². The number of benzene rings is 1. The second kappa shape index (κ2) is 5.92. The monoisotopic (exact) mass is 296 g/mol. The SMILES string of the molecule is CC(C)Oc1ncnc(Nc2cccc(Cl)c2F)c1N. The zero-order valence-electron chi connectivity index (χ0n) is 11.0. The van der Waals surface area contributed by atoms with Gasteiger partial charge in [0, 0.05) is 0 Å². The molecule has 1 heterocycles. The molecule has 0 saturated heterocycles. The van der Waals surface area contributed by atoms with Gasteiger partial charge in [0.05, 0.1) is 16.8 Å². The minimum absolute atomic E-state index is 0.0151. The zero-order valence-corrected chi connectivity index (χ0v) is 11.8. The van der Waals surface area contributed by atoms with E-state index in [0.29, 0.717) is 0 Å². The second-order valence-corrected chi connectivity index (χ2v) is 4.74. The number of nitrogens with two attached hydrogens (primary N) is 1. The highest BCUT2D eigenvalue weighted by Crippen LogP contribution is 2.30. The van der Waals surface area contributed by atoms with Crippen LogP contribution in [0.2, 0.25) is 5.02 Å². The van der Waals surface area contributed by atoms with Crippen LogP contribution < -0.4 is 15.8 Å². The predicted octanol–water partition coefficient (Wildman–Crippen LogP) is 3.38. The average molecular weight is 297 g/mol. The number of rotatable bonds is 4. The van der Waals surface area contributed by atoms with Crippen LogP contribution in [0.3, 0.4) is 0 Å². The van der Waals surface area contributed by atoms with E-state index in [9.17, 15) is 4.39 Å². The van der Waals surface area contributed by atoms with E-state index in [4.69, 9.17) is 22.1 Å². The molecule has 3 N–H and O–H groups in total. The number of nitrogen functional groups attached to an aromatic ring is 1. The van der Waals surface area contributed by atoms with Crippen molar-refractivity contribution in [2.45, 2.75) is 20.0 Å². The molecule has 2 rings (SSSR count). The lowest BCUT2D eigenvalue weighted by atomic mass is 10.3. The first kappa shape index (κ1) is 14.3. The molecule has 0 spiro atoms. The summed E-state index contributed by atoms with van der Waals surface area (Å²) in [7, 11) is 0. The first-order valence-corrected chi connectivity index (χ1v) is 6.35. The molecule has 106 valence electrons. The van der Waals surface area contributed by atoms with E-state index >= 15 is 0 Å². The average Bonchev–Trinajstić information content (AvgIpc) is 2.39. The molecule has 0 aliphatic rings. The highest BCUT2D eigenvalue weighted by molar-refractivity contribution is 6.31. The van der Waals surface area contributed by atoms with Crippen LogP contribution in [0.25, 0.3) is 0 Å². The maximum absolute atomic E-state index is 13.8. The van der Waals surface area contributed by atoms with E-state index in [0.717, 1.165) is 0 Å². The summed E-state index contributed by atoms with van der Waals surface area (Å²) in [6.07, 6.45) is 1.21. The summed E-state index contributed by atoms with van der Waals surface area (Å²) in [5, 5.41) is 2.79. The number of hydrogen-bond acceptors (Lipinski definition) is 5. The van der Waals surface area contributed by atoms with Gasteiger partial charge >= 0.3 is 0 Å². The van der Waals surface area contributed by atoms with Crippen molar-refractivity contribution in [1.82, 2.24) is 9.97 Å².